The molecule has 216 valence electrons. The Morgan fingerprint density at radius 1 is 0.974 bits per heavy atom. The smallest absolute Gasteiger partial charge is 0.319 e. The molecule has 0 aromatic carbocycles. The lowest BCUT2D eigenvalue weighted by Crippen LogP contribution is -2.39. The number of hydrogen-bond acceptors (Lipinski definition) is 9. The van der Waals surface area contributed by atoms with Crippen LogP contribution in [0.3, 0.4) is 0 Å². The molecule has 10 nitrogen and oxygen atoms in total. The van der Waals surface area contributed by atoms with E-state index in [0.29, 0.717) is 37.2 Å². The zero-order chi connectivity index (χ0) is 28.6. The van der Waals surface area contributed by atoms with Gasteiger partial charge in [-0.3, -0.25) is 4.90 Å². The molecule has 3 aromatic rings. The number of allylic oxidation sites excluding steroid dienone is 1. The van der Waals surface area contributed by atoms with Crippen molar-refractivity contribution in [2.75, 3.05) is 70.7 Å². The number of hydrogen-bond donors (Lipinski definition) is 1. The highest BCUT2D eigenvalue weighted by Crippen LogP contribution is 2.29. The number of H-pyrrole nitrogens is 1. The number of anilines is 1. The third-order valence-electron chi connectivity index (χ3n) is 6.09. The van der Waals surface area contributed by atoms with E-state index in [2.05, 4.69) is 38.3 Å². The predicted octanol–water partition coefficient (Wildman–Crippen LogP) is 4.82. The van der Waals surface area contributed by atoms with E-state index in [-0.39, 0.29) is 0 Å². The number of nitrogens with zero attached hydrogens (tertiary/aromatic N) is 6. The highest BCUT2D eigenvalue weighted by atomic mass is 16.5. The van der Waals surface area contributed by atoms with Gasteiger partial charge in [0.25, 0.3) is 0 Å². The fourth-order valence-electron chi connectivity index (χ4n) is 4.01. The SMILES string of the molecule is C=CC.CC.CC.Cc1[nH]cc(-c2ncc3nc(OCCN4CCOCC4)nc(N4CCOCC4)c3n2)c1C. The summed E-state index contributed by atoms with van der Waals surface area (Å²) in [5.41, 5.74) is 4.65. The first-order valence-corrected chi connectivity index (χ1v) is 14.1. The maximum absolute atomic E-state index is 5.96. The van der Waals surface area contributed by atoms with Crippen LogP contribution in [0.15, 0.2) is 25.0 Å². The van der Waals surface area contributed by atoms with Crippen LogP contribution in [0.2, 0.25) is 0 Å². The van der Waals surface area contributed by atoms with E-state index < -0.39 is 0 Å². The van der Waals surface area contributed by atoms with E-state index in [1.165, 1.54) is 0 Å². The standard InChI is InChI=1S/C22H29N7O3.C3H6.2C2H6/c1-15-16(2)23-13-17(15)20-24-14-18-19(26-20)21(29-6-10-31-11-7-29)27-22(25-18)32-12-5-28-3-8-30-9-4-28;1-3-2;2*1-2/h13-14,23H,3-12H2,1-2H3;3H,1H2,2H3;2*1-2H3. The van der Waals surface area contributed by atoms with E-state index in [9.17, 15) is 0 Å². The normalized spacial score (nSPS) is 15.2. The van der Waals surface area contributed by atoms with Gasteiger partial charge in [-0.2, -0.15) is 9.97 Å². The molecule has 0 aliphatic carbocycles. The van der Waals surface area contributed by atoms with Crippen LogP contribution in [-0.2, 0) is 9.47 Å². The third kappa shape index (κ3) is 8.98. The van der Waals surface area contributed by atoms with Crippen LogP contribution in [-0.4, -0.2) is 95.6 Å². The Morgan fingerprint density at radius 3 is 2.18 bits per heavy atom. The predicted molar refractivity (Wildman–Crippen MR) is 159 cm³/mol. The van der Waals surface area contributed by atoms with Gasteiger partial charge in [-0.1, -0.05) is 33.8 Å². The van der Waals surface area contributed by atoms with Crippen molar-refractivity contribution in [2.45, 2.75) is 48.5 Å². The molecule has 5 heterocycles. The number of aromatic amines is 1. The maximum atomic E-state index is 5.96. The van der Waals surface area contributed by atoms with Crippen molar-refractivity contribution in [2.24, 2.45) is 0 Å². The van der Waals surface area contributed by atoms with Gasteiger partial charge in [-0.15, -0.1) is 6.58 Å². The van der Waals surface area contributed by atoms with Gasteiger partial charge in [0, 0.05) is 50.2 Å². The van der Waals surface area contributed by atoms with Crippen LogP contribution in [0.4, 0.5) is 5.82 Å². The van der Waals surface area contributed by atoms with Crippen molar-refractivity contribution in [3.63, 3.8) is 0 Å². The molecule has 5 rings (SSSR count). The zero-order valence-corrected chi connectivity index (χ0v) is 24.9. The third-order valence-corrected chi connectivity index (χ3v) is 6.09. The number of nitrogens with one attached hydrogen (secondary N) is 1. The van der Waals surface area contributed by atoms with Crippen LogP contribution >= 0.6 is 0 Å². The number of fused-ring (bicyclic) bond motifs is 1. The molecule has 10 heteroatoms. The molecule has 0 amide bonds. The Kier molecular flexibility index (Phi) is 14.4. The number of aromatic nitrogens is 5. The molecule has 2 fully saturated rings. The van der Waals surface area contributed by atoms with Gasteiger partial charge in [0.15, 0.2) is 11.6 Å². The van der Waals surface area contributed by atoms with Gasteiger partial charge in [0.05, 0.1) is 32.6 Å². The Hall–Kier alpha value is -3.08. The van der Waals surface area contributed by atoms with Gasteiger partial charge in [0.2, 0.25) is 0 Å². The van der Waals surface area contributed by atoms with Gasteiger partial charge < -0.3 is 24.1 Å². The Morgan fingerprint density at radius 2 is 1.59 bits per heavy atom. The first-order chi connectivity index (χ1) is 19.1. The van der Waals surface area contributed by atoms with Crippen molar-refractivity contribution in [3.05, 3.63) is 36.3 Å². The topological polar surface area (TPSA) is 102 Å². The van der Waals surface area contributed by atoms with E-state index in [1.807, 2.05) is 47.7 Å². The molecule has 2 aliphatic heterocycles. The minimum Gasteiger partial charge on any atom is -0.462 e. The second-order valence-electron chi connectivity index (χ2n) is 8.52. The number of rotatable bonds is 6. The summed E-state index contributed by atoms with van der Waals surface area (Å²) in [6.45, 7) is 24.9. The van der Waals surface area contributed by atoms with Crippen LogP contribution in [0, 0.1) is 13.8 Å². The molecule has 0 spiro atoms. The fourth-order valence-corrected chi connectivity index (χ4v) is 4.01. The zero-order valence-electron chi connectivity index (χ0n) is 24.9. The summed E-state index contributed by atoms with van der Waals surface area (Å²) in [4.78, 5) is 26.6. The lowest BCUT2D eigenvalue weighted by atomic mass is 10.1. The fraction of sp³-hybridized carbons (Fsp3) is 0.586. The molecular weight excluding hydrogens is 494 g/mol. The minimum atomic E-state index is 0.359. The number of morpholine rings is 2. The average Bonchev–Trinajstić information content (AvgIpc) is 3.33. The summed E-state index contributed by atoms with van der Waals surface area (Å²) in [6, 6.07) is 0.359. The van der Waals surface area contributed by atoms with Crippen molar-refractivity contribution >= 4 is 16.9 Å². The molecule has 1 N–H and O–H groups in total. The highest BCUT2D eigenvalue weighted by molar-refractivity contribution is 5.87. The van der Waals surface area contributed by atoms with E-state index in [0.717, 1.165) is 74.1 Å². The Balaban J connectivity index is 0.000000700. The molecule has 39 heavy (non-hydrogen) atoms. The molecule has 0 unspecified atom stereocenters. The summed E-state index contributed by atoms with van der Waals surface area (Å²) in [7, 11) is 0. The molecule has 0 atom stereocenters. The second-order valence-corrected chi connectivity index (χ2v) is 8.52. The molecular formula is C29H47N7O3. The summed E-state index contributed by atoms with van der Waals surface area (Å²) in [5.74, 6) is 1.44. The van der Waals surface area contributed by atoms with Crippen LogP contribution in [0.25, 0.3) is 22.4 Å². The highest BCUT2D eigenvalue weighted by Gasteiger charge is 2.21. The molecule has 0 radical (unpaired) electrons. The van der Waals surface area contributed by atoms with Crippen LogP contribution < -0.4 is 9.64 Å². The summed E-state index contributed by atoms with van der Waals surface area (Å²) >= 11 is 0. The maximum Gasteiger partial charge on any atom is 0.319 e. The van der Waals surface area contributed by atoms with Crippen molar-refractivity contribution in [1.29, 1.82) is 0 Å². The Bertz CT molecular complexity index is 1120. The molecule has 0 bridgehead atoms. The van der Waals surface area contributed by atoms with Gasteiger partial charge in [-0.05, 0) is 26.3 Å². The van der Waals surface area contributed by atoms with Gasteiger partial charge >= 0.3 is 6.01 Å². The van der Waals surface area contributed by atoms with E-state index in [1.54, 1.807) is 12.3 Å². The van der Waals surface area contributed by atoms with Crippen molar-refractivity contribution in [3.8, 4) is 17.4 Å². The van der Waals surface area contributed by atoms with Crippen LogP contribution in [0.1, 0.15) is 45.9 Å². The molecule has 2 aliphatic rings. The summed E-state index contributed by atoms with van der Waals surface area (Å²) < 4.78 is 16.9. The largest absolute Gasteiger partial charge is 0.462 e. The monoisotopic (exact) mass is 541 g/mol. The lowest BCUT2D eigenvalue weighted by molar-refractivity contribution is 0.0317. The number of aryl methyl sites for hydroxylation is 1. The van der Waals surface area contributed by atoms with E-state index >= 15 is 0 Å². The first kappa shape index (κ1) is 32.1. The molecule has 2 saturated heterocycles. The van der Waals surface area contributed by atoms with Gasteiger partial charge in [0.1, 0.15) is 17.6 Å². The van der Waals surface area contributed by atoms with E-state index in [4.69, 9.17) is 24.2 Å². The lowest BCUT2D eigenvalue weighted by Gasteiger charge is -2.28. The summed E-state index contributed by atoms with van der Waals surface area (Å²) in [6.07, 6.45) is 5.46. The average molecular weight is 542 g/mol. The molecule has 3 aromatic heterocycles. The van der Waals surface area contributed by atoms with Gasteiger partial charge in [-0.25, -0.2) is 9.97 Å². The van der Waals surface area contributed by atoms with Crippen molar-refractivity contribution in [1.82, 2.24) is 29.8 Å². The Labute approximate surface area is 233 Å². The minimum absolute atomic E-state index is 0.359. The van der Waals surface area contributed by atoms with Crippen molar-refractivity contribution < 1.29 is 14.2 Å². The molecule has 0 saturated carbocycles. The first-order valence-electron chi connectivity index (χ1n) is 14.1. The van der Waals surface area contributed by atoms with Crippen LogP contribution in [0.5, 0.6) is 6.01 Å². The second kappa shape index (κ2) is 17.5. The summed E-state index contributed by atoms with van der Waals surface area (Å²) in [5, 5.41) is 0. The number of ether oxygens (including phenoxy) is 3. The quantitative estimate of drug-likeness (QED) is 0.440.